The third-order valence-electron chi connectivity index (χ3n) is 4.64. The van der Waals surface area contributed by atoms with E-state index in [1.165, 1.54) is 5.01 Å². The fourth-order valence-electron chi connectivity index (χ4n) is 2.80. The maximum absolute atomic E-state index is 12.8. The van der Waals surface area contributed by atoms with Gasteiger partial charge in [-0.1, -0.05) is 44.4 Å². The van der Waals surface area contributed by atoms with E-state index in [0.717, 1.165) is 18.4 Å². The highest BCUT2D eigenvalue weighted by molar-refractivity contribution is 6.39. The number of nitrogens with zero attached hydrogens (tertiary/aromatic N) is 3. The summed E-state index contributed by atoms with van der Waals surface area (Å²) in [5, 5.41) is 1.41. The average Bonchev–Trinajstić information content (AvgIpc) is 2.63. The van der Waals surface area contributed by atoms with E-state index in [1.54, 1.807) is 4.90 Å². The summed E-state index contributed by atoms with van der Waals surface area (Å²) in [6, 6.07) is 7.58. The summed E-state index contributed by atoms with van der Waals surface area (Å²) >= 11 is 0. The van der Waals surface area contributed by atoms with Crippen molar-refractivity contribution in [2.75, 3.05) is 24.6 Å². The molecule has 25 heavy (non-hydrogen) atoms. The van der Waals surface area contributed by atoms with E-state index in [1.807, 2.05) is 38.1 Å². The molecule has 1 aliphatic rings. The minimum Gasteiger partial charge on any atom is -0.336 e. The van der Waals surface area contributed by atoms with Crippen molar-refractivity contribution < 1.29 is 9.59 Å². The van der Waals surface area contributed by atoms with Gasteiger partial charge in [0.25, 0.3) is 11.8 Å². The second-order valence-electron chi connectivity index (χ2n) is 6.37. The molecule has 0 saturated carbocycles. The van der Waals surface area contributed by atoms with Crippen molar-refractivity contribution in [3.8, 4) is 0 Å². The van der Waals surface area contributed by atoms with Crippen LogP contribution in [0, 0.1) is 12.8 Å². The van der Waals surface area contributed by atoms with Gasteiger partial charge in [0.05, 0.1) is 5.69 Å². The van der Waals surface area contributed by atoms with E-state index < -0.39 is 0 Å². The second kappa shape index (κ2) is 8.65. The van der Waals surface area contributed by atoms with Gasteiger partial charge in [0.2, 0.25) is 5.84 Å². The number of aryl methyl sites for hydroxylation is 1. The Morgan fingerprint density at radius 1 is 1.24 bits per heavy atom. The first-order valence-corrected chi connectivity index (χ1v) is 9.00. The molecule has 1 aliphatic heterocycles. The molecular formula is C19H28N4O2. The van der Waals surface area contributed by atoms with Gasteiger partial charge < -0.3 is 4.90 Å². The molecule has 0 aromatic heterocycles. The van der Waals surface area contributed by atoms with E-state index in [2.05, 4.69) is 24.3 Å². The van der Waals surface area contributed by atoms with Crippen molar-refractivity contribution >= 4 is 23.3 Å². The minimum atomic E-state index is -0.177. The number of rotatable bonds is 7. The molecule has 0 fully saturated rings. The van der Waals surface area contributed by atoms with Crippen LogP contribution in [0.4, 0.5) is 5.69 Å². The Labute approximate surface area is 149 Å². The van der Waals surface area contributed by atoms with E-state index in [-0.39, 0.29) is 24.2 Å². The van der Waals surface area contributed by atoms with Crippen LogP contribution in [-0.2, 0) is 9.59 Å². The Morgan fingerprint density at radius 3 is 2.44 bits per heavy atom. The topological polar surface area (TPSA) is 65.0 Å². The number of hydrogen-bond donors (Lipinski definition) is 1. The molecule has 136 valence electrons. The number of nitrogens with one attached hydrogen (secondary N) is 1. The van der Waals surface area contributed by atoms with E-state index in [9.17, 15) is 9.59 Å². The molecule has 2 amide bonds. The number of likely N-dealkylation sites (N-methyl/N-ethyl adjacent to an activating group) is 1. The third-order valence-corrected chi connectivity index (χ3v) is 4.64. The third kappa shape index (κ3) is 4.59. The fraction of sp³-hybridized carbons (Fsp3) is 0.526. The second-order valence-corrected chi connectivity index (χ2v) is 6.37. The zero-order chi connectivity index (χ0) is 18.4. The number of benzene rings is 1. The predicted molar refractivity (Wildman–Crippen MR) is 100 cm³/mol. The number of carbonyl (C=O) groups is 2. The van der Waals surface area contributed by atoms with Gasteiger partial charge in [0, 0.05) is 13.1 Å². The Bertz CT molecular complexity index is 635. The number of aliphatic imine (C=N–C) groups is 1. The molecule has 2 rings (SSSR count). The smallest absolute Gasteiger partial charge is 0.290 e. The van der Waals surface area contributed by atoms with Crippen LogP contribution < -0.4 is 10.4 Å². The van der Waals surface area contributed by atoms with Crippen molar-refractivity contribution in [1.82, 2.24) is 10.3 Å². The van der Waals surface area contributed by atoms with E-state index >= 15 is 0 Å². The number of hydrogen-bond acceptors (Lipinski definition) is 4. The van der Waals surface area contributed by atoms with Crippen LogP contribution in [0.1, 0.15) is 39.2 Å². The zero-order valence-electron chi connectivity index (χ0n) is 15.6. The maximum atomic E-state index is 12.8. The van der Waals surface area contributed by atoms with Crippen LogP contribution in [0.2, 0.25) is 0 Å². The lowest BCUT2D eigenvalue weighted by Gasteiger charge is -2.31. The number of amides is 2. The van der Waals surface area contributed by atoms with E-state index in [4.69, 9.17) is 0 Å². The summed E-state index contributed by atoms with van der Waals surface area (Å²) in [6.07, 6.45) is 2.07. The van der Waals surface area contributed by atoms with Crippen LogP contribution >= 0.6 is 0 Å². The van der Waals surface area contributed by atoms with Crippen LogP contribution in [0.3, 0.4) is 0 Å². The van der Waals surface area contributed by atoms with Gasteiger partial charge in [-0.2, -0.15) is 0 Å². The first-order chi connectivity index (χ1) is 12.0. The van der Waals surface area contributed by atoms with Gasteiger partial charge in [0.15, 0.2) is 0 Å². The number of amidine groups is 1. The van der Waals surface area contributed by atoms with Gasteiger partial charge in [-0.3, -0.25) is 20.0 Å². The van der Waals surface area contributed by atoms with Gasteiger partial charge in [-0.05, 0) is 31.9 Å². The molecule has 0 atom stereocenters. The normalized spacial score (nSPS) is 14.4. The lowest BCUT2D eigenvalue weighted by molar-refractivity contribution is -0.125. The molecule has 0 radical (unpaired) electrons. The monoisotopic (exact) mass is 344 g/mol. The summed E-state index contributed by atoms with van der Waals surface area (Å²) in [4.78, 5) is 31.0. The number of carbonyl (C=O) groups excluding carboxylic acids is 2. The molecule has 0 saturated heterocycles. The molecule has 1 aromatic carbocycles. The van der Waals surface area contributed by atoms with Crippen molar-refractivity contribution in [1.29, 1.82) is 0 Å². The summed E-state index contributed by atoms with van der Waals surface area (Å²) in [5.74, 6) is 0.373. The van der Waals surface area contributed by atoms with Gasteiger partial charge in [-0.15, -0.1) is 0 Å². The molecular weight excluding hydrogens is 316 g/mol. The maximum Gasteiger partial charge on any atom is 0.290 e. The minimum absolute atomic E-state index is 0.0233. The lowest BCUT2D eigenvalue weighted by atomic mass is 10.0. The van der Waals surface area contributed by atoms with Crippen LogP contribution in [0.15, 0.2) is 29.3 Å². The predicted octanol–water partition coefficient (Wildman–Crippen LogP) is 2.53. The highest BCUT2D eigenvalue weighted by Gasteiger charge is 2.28. The first-order valence-electron chi connectivity index (χ1n) is 9.00. The SMILES string of the molecule is CCC(CC)CN(CC)C(=O)C1=NCC(=O)N(c2ccc(C)cc2)N1. The van der Waals surface area contributed by atoms with Gasteiger partial charge in [0.1, 0.15) is 6.54 Å². The van der Waals surface area contributed by atoms with Crippen molar-refractivity contribution in [3.63, 3.8) is 0 Å². The molecule has 0 aliphatic carbocycles. The quantitative estimate of drug-likeness (QED) is 0.827. The molecule has 1 N–H and O–H groups in total. The van der Waals surface area contributed by atoms with E-state index in [0.29, 0.717) is 24.7 Å². The van der Waals surface area contributed by atoms with Gasteiger partial charge >= 0.3 is 0 Å². The molecule has 1 heterocycles. The molecule has 0 spiro atoms. The lowest BCUT2D eigenvalue weighted by Crippen LogP contribution is -2.56. The summed E-state index contributed by atoms with van der Waals surface area (Å²) < 4.78 is 0. The van der Waals surface area contributed by atoms with Gasteiger partial charge in [-0.25, -0.2) is 5.01 Å². The largest absolute Gasteiger partial charge is 0.336 e. The Balaban J connectivity index is 2.14. The Hall–Kier alpha value is -2.37. The molecule has 0 unspecified atom stereocenters. The molecule has 6 nitrogen and oxygen atoms in total. The van der Waals surface area contributed by atoms with Crippen LogP contribution in [0.25, 0.3) is 0 Å². The number of hydrazine groups is 1. The summed E-state index contributed by atoms with van der Waals surface area (Å²) in [5.41, 5.74) is 4.72. The summed E-state index contributed by atoms with van der Waals surface area (Å²) in [6.45, 7) is 9.54. The molecule has 6 heteroatoms. The van der Waals surface area contributed by atoms with Crippen LogP contribution in [0.5, 0.6) is 0 Å². The number of anilines is 1. The highest BCUT2D eigenvalue weighted by Crippen LogP contribution is 2.16. The average molecular weight is 344 g/mol. The highest BCUT2D eigenvalue weighted by atomic mass is 16.2. The van der Waals surface area contributed by atoms with Crippen molar-refractivity contribution in [2.45, 2.75) is 40.5 Å². The Morgan fingerprint density at radius 2 is 1.88 bits per heavy atom. The summed E-state index contributed by atoms with van der Waals surface area (Å²) in [7, 11) is 0. The standard InChI is InChI=1S/C19H28N4O2/c1-5-15(6-2)13-22(7-3)19(25)18-20-12-17(24)23(21-18)16-10-8-14(4)9-11-16/h8-11,15H,5-7,12-13H2,1-4H3,(H,20,21). The van der Waals surface area contributed by atoms with Crippen molar-refractivity contribution in [3.05, 3.63) is 29.8 Å². The molecule has 0 bridgehead atoms. The zero-order valence-corrected chi connectivity index (χ0v) is 15.6. The fourth-order valence-corrected chi connectivity index (χ4v) is 2.80. The van der Waals surface area contributed by atoms with Crippen molar-refractivity contribution in [2.24, 2.45) is 10.9 Å². The Kier molecular flexibility index (Phi) is 6.56. The first kappa shape index (κ1) is 19.0. The van der Waals surface area contributed by atoms with Crippen LogP contribution in [-0.4, -0.2) is 42.2 Å². The molecule has 1 aromatic rings.